The molecule has 0 atom stereocenters. The van der Waals surface area contributed by atoms with E-state index >= 15 is 0 Å². The molecule has 0 saturated heterocycles. The van der Waals surface area contributed by atoms with Crippen LogP contribution in [-0.4, -0.2) is 24.5 Å². The molecule has 144 valence electrons. The molecule has 0 bridgehead atoms. The van der Waals surface area contributed by atoms with Gasteiger partial charge in [-0.1, -0.05) is 12.1 Å². The van der Waals surface area contributed by atoms with E-state index in [-0.39, 0.29) is 5.69 Å². The maximum absolute atomic E-state index is 14.5. The molecule has 0 unspecified atom stereocenters. The van der Waals surface area contributed by atoms with Crippen LogP contribution >= 0.6 is 0 Å². The first-order valence-electron chi connectivity index (χ1n) is 7.70. The summed E-state index contributed by atoms with van der Waals surface area (Å²) >= 11 is 0. The molecule has 0 fully saturated rings. The predicted molar refractivity (Wildman–Crippen MR) is 91.7 cm³/mol. The van der Waals surface area contributed by atoms with E-state index in [4.69, 9.17) is 5.26 Å². The molecule has 0 amide bonds. The van der Waals surface area contributed by atoms with Gasteiger partial charge in [-0.15, -0.1) is 0 Å². The maximum Gasteiger partial charge on any atom is 0.282 e. The average molecular weight is 409 g/mol. The standard InChI is InChI=1S/C18H11F4N3O2S/c1-28(26,27)17-7-12(19)16(6-13(17)20)25-15(8-14(24-25)18(21)22)11-4-2-10(9-23)3-5-11/h2-8,18H,1H3. The van der Waals surface area contributed by atoms with Gasteiger partial charge in [0.2, 0.25) is 0 Å². The molecule has 0 aliphatic carbocycles. The summed E-state index contributed by atoms with van der Waals surface area (Å²) in [5.74, 6) is -2.39. The van der Waals surface area contributed by atoms with Gasteiger partial charge in [0.05, 0.1) is 17.3 Å². The van der Waals surface area contributed by atoms with Crippen molar-refractivity contribution in [2.45, 2.75) is 11.3 Å². The van der Waals surface area contributed by atoms with E-state index in [1.54, 1.807) is 0 Å². The quantitative estimate of drug-likeness (QED) is 0.610. The highest BCUT2D eigenvalue weighted by Crippen LogP contribution is 2.30. The third-order valence-corrected chi connectivity index (χ3v) is 5.00. The summed E-state index contributed by atoms with van der Waals surface area (Å²) in [6, 6.07) is 9.72. The average Bonchev–Trinajstić information content (AvgIpc) is 3.08. The first kappa shape index (κ1) is 19.6. The molecule has 2 aromatic carbocycles. The van der Waals surface area contributed by atoms with E-state index in [2.05, 4.69) is 5.10 Å². The highest BCUT2D eigenvalue weighted by Gasteiger charge is 2.23. The van der Waals surface area contributed by atoms with Crippen molar-refractivity contribution in [1.82, 2.24) is 9.78 Å². The lowest BCUT2D eigenvalue weighted by Gasteiger charge is -2.11. The van der Waals surface area contributed by atoms with Crippen LogP contribution in [0.15, 0.2) is 47.4 Å². The largest absolute Gasteiger partial charge is 0.282 e. The fraction of sp³-hybridized carbons (Fsp3) is 0.111. The van der Waals surface area contributed by atoms with Crippen molar-refractivity contribution in [3.63, 3.8) is 0 Å². The number of hydrogen-bond acceptors (Lipinski definition) is 4. The lowest BCUT2D eigenvalue weighted by molar-refractivity contribution is 0.145. The number of rotatable bonds is 4. The Labute approximate surface area is 157 Å². The molecule has 0 aliphatic heterocycles. The molecule has 3 aromatic rings. The number of aromatic nitrogens is 2. The van der Waals surface area contributed by atoms with Gasteiger partial charge >= 0.3 is 0 Å². The van der Waals surface area contributed by atoms with Gasteiger partial charge in [-0.05, 0) is 24.3 Å². The van der Waals surface area contributed by atoms with Gasteiger partial charge in [0.1, 0.15) is 27.9 Å². The fourth-order valence-corrected chi connectivity index (χ4v) is 3.31. The Hall–Kier alpha value is -3.19. The lowest BCUT2D eigenvalue weighted by atomic mass is 10.1. The SMILES string of the molecule is CS(=O)(=O)c1cc(F)c(-n2nc(C(F)F)cc2-c2ccc(C#N)cc2)cc1F. The summed E-state index contributed by atoms with van der Waals surface area (Å²) < 4.78 is 78.9. The van der Waals surface area contributed by atoms with Gasteiger partial charge in [-0.2, -0.15) is 10.4 Å². The first-order chi connectivity index (χ1) is 13.1. The Kier molecular flexibility index (Phi) is 4.95. The lowest BCUT2D eigenvalue weighted by Crippen LogP contribution is -2.08. The fourth-order valence-electron chi connectivity index (χ4n) is 2.58. The Morgan fingerprint density at radius 1 is 1.07 bits per heavy atom. The Morgan fingerprint density at radius 2 is 1.71 bits per heavy atom. The maximum atomic E-state index is 14.5. The van der Waals surface area contributed by atoms with Crippen molar-refractivity contribution >= 4 is 9.84 Å². The number of nitriles is 1. The van der Waals surface area contributed by atoms with E-state index < -0.39 is 44.2 Å². The molecule has 0 N–H and O–H groups in total. The molecule has 3 rings (SSSR count). The Balaban J connectivity index is 2.24. The van der Waals surface area contributed by atoms with Gasteiger partial charge in [0.15, 0.2) is 9.84 Å². The second kappa shape index (κ2) is 7.09. The smallest absolute Gasteiger partial charge is 0.230 e. The molecule has 5 nitrogen and oxygen atoms in total. The van der Waals surface area contributed by atoms with Gasteiger partial charge < -0.3 is 0 Å². The molecule has 28 heavy (non-hydrogen) atoms. The third-order valence-electron chi connectivity index (χ3n) is 3.89. The van der Waals surface area contributed by atoms with Crippen molar-refractivity contribution in [2.75, 3.05) is 6.26 Å². The summed E-state index contributed by atoms with van der Waals surface area (Å²) in [6.45, 7) is 0. The number of benzene rings is 2. The number of sulfone groups is 1. The van der Waals surface area contributed by atoms with Crippen LogP contribution in [0, 0.1) is 23.0 Å². The van der Waals surface area contributed by atoms with Crippen LogP contribution < -0.4 is 0 Å². The van der Waals surface area contributed by atoms with Gasteiger partial charge in [0.25, 0.3) is 6.43 Å². The molecule has 10 heteroatoms. The zero-order chi connectivity index (χ0) is 20.6. The minimum absolute atomic E-state index is 0.0187. The number of halogens is 4. The number of alkyl halides is 2. The van der Waals surface area contributed by atoms with Crippen molar-refractivity contribution in [2.24, 2.45) is 0 Å². The summed E-state index contributed by atoms with van der Waals surface area (Å²) in [7, 11) is -4.03. The van der Waals surface area contributed by atoms with Crippen molar-refractivity contribution in [3.05, 3.63) is 65.4 Å². The normalized spacial score (nSPS) is 11.6. The molecular weight excluding hydrogens is 398 g/mol. The summed E-state index contributed by atoms with van der Waals surface area (Å²) in [6.07, 6.45) is -2.25. The van der Waals surface area contributed by atoms with Crippen LogP contribution in [-0.2, 0) is 9.84 Å². The topological polar surface area (TPSA) is 75.8 Å². The molecule has 0 radical (unpaired) electrons. The van der Waals surface area contributed by atoms with E-state index in [1.165, 1.54) is 24.3 Å². The molecule has 1 aromatic heterocycles. The molecule has 0 spiro atoms. The zero-order valence-corrected chi connectivity index (χ0v) is 15.0. The van der Waals surface area contributed by atoms with Crippen molar-refractivity contribution < 1.29 is 26.0 Å². The minimum atomic E-state index is -4.03. The number of hydrogen-bond donors (Lipinski definition) is 0. The van der Waals surface area contributed by atoms with Crippen molar-refractivity contribution in [1.29, 1.82) is 5.26 Å². The summed E-state index contributed by atoms with van der Waals surface area (Å²) in [5, 5.41) is 12.5. The Bertz CT molecular complexity index is 1200. The monoisotopic (exact) mass is 409 g/mol. The van der Waals surface area contributed by atoms with E-state index in [0.29, 0.717) is 23.3 Å². The zero-order valence-electron chi connectivity index (χ0n) is 14.2. The van der Waals surface area contributed by atoms with Crippen LogP contribution in [0.3, 0.4) is 0 Å². The minimum Gasteiger partial charge on any atom is -0.230 e. The Morgan fingerprint density at radius 3 is 2.25 bits per heavy atom. The molecule has 0 saturated carbocycles. The summed E-state index contributed by atoms with van der Waals surface area (Å²) in [5.41, 5.74) is -0.545. The second-order valence-corrected chi connectivity index (χ2v) is 7.85. The van der Waals surface area contributed by atoms with Crippen molar-refractivity contribution in [3.8, 4) is 23.0 Å². The van der Waals surface area contributed by atoms with Gasteiger partial charge in [-0.25, -0.2) is 30.7 Å². The van der Waals surface area contributed by atoms with Crippen LogP contribution in [0.4, 0.5) is 17.6 Å². The third kappa shape index (κ3) is 3.61. The highest BCUT2D eigenvalue weighted by atomic mass is 32.2. The molecule has 0 aliphatic rings. The summed E-state index contributed by atoms with van der Waals surface area (Å²) in [4.78, 5) is -0.852. The predicted octanol–water partition coefficient (Wildman–Crippen LogP) is 4.03. The second-order valence-electron chi connectivity index (χ2n) is 5.86. The van der Waals surface area contributed by atoms with Crippen LogP contribution in [0.2, 0.25) is 0 Å². The van der Waals surface area contributed by atoms with E-state index in [0.717, 1.165) is 17.0 Å². The van der Waals surface area contributed by atoms with Crippen LogP contribution in [0.1, 0.15) is 17.7 Å². The number of nitrogens with zero attached hydrogens (tertiary/aromatic N) is 3. The van der Waals surface area contributed by atoms with Crippen LogP contribution in [0.25, 0.3) is 16.9 Å². The molecular formula is C18H11F4N3O2S. The van der Waals surface area contributed by atoms with Gasteiger partial charge in [0, 0.05) is 17.9 Å². The highest BCUT2D eigenvalue weighted by molar-refractivity contribution is 7.90. The molecule has 1 heterocycles. The van der Waals surface area contributed by atoms with Gasteiger partial charge in [-0.3, -0.25) is 0 Å². The first-order valence-corrected chi connectivity index (χ1v) is 9.59. The van der Waals surface area contributed by atoms with Crippen LogP contribution in [0.5, 0.6) is 0 Å². The van der Waals surface area contributed by atoms with E-state index in [1.807, 2.05) is 6.07 Å². The van der Waals surface area contributed by atoms with E-state index in [9.17, 15) is 26.0 Å².